The predicted octanol–water partition coefficient (Wildman–Crippen LogP) is 7.52. The third-order valence-corrected chi connectivity index (χ3v) is 6.13. The van der Waals surface area contributed by atoms with Gasteiger partial charge in [0.1, 0.15) is 5.75 Å². The van der Waals surface area contributed by atoms with Crippen LogP contribution in [-0.2, 0) is 4.79 Å². The highest BCUT2D eigenvalue weighted by Gasteiger charge is 2.21. The van der Waals surface area contributed by atoms with E-state index in [1.807, 2.05) is 36.4 Å². The SMILES string of the molecule is CCCCCCCCCCCCCC[N+](C)(C)CC(=O)Oc1ccc2ccccc2c1. The van der Waals surface area contributed by atoms with E-state index in [4.69, 9.17) is 4.74 Å². The van der Waals surface area contributed by atoms with E-state index < -0.39 is 0 Å². The molecule has 3 nitrogen and oxygen atoms in total. The molecule has 0 aliphatic rings. The summed E-state index contributed by atoms with van der Waals surface area (Å²) in [5, 5.41) is 2.25. The van der Waals surface area contributed by atoms with E-state index in [0.29, 0.717) is 16.8 Å². The molecule has 2 aromatic rings. The Hall–Kier alpha value is -1.87. The Morgan fingerprint density at radius 3 is 1.90 bits per heavy atom. The molecule has 0 fully saturated rings. The number of likely N-dealkylation sites (N-methyl/N-ethyl adjacent to an activating group) is 1. The highest BCUT2D eigenvalue weighted by molar-refractivity contribution is 5.84. The Labute approximate surface area is 190 Å². The Balaban J connectivity index is 1.55. The first-order valence-electron chi connectivity index (χ1n) is 12.5. The van der Waals surface area contributed by atoms with Crippen molar-refractivity contribution in [2.24, 2.45) is 0 Å². The van der Waals surface area contributed by atoms with Crippen LogP contribution in [0.4, 0.5) is 0 Å². The number of hydrogen-bond acceptors (Lipinski definition) is 2. The van der Waals surface area contributed by atoms with E-state index in [1.165, 1.54) is 77.0 Å². The summed E-state index contributed by atoms with van der Waals surface area (Å²) in [4.78, 5) is 12.4. The van der Waals surface area contributed by atoms with Crippen LogP contribution in [0.1, 0.15) is 84.0 Å². The molecule has 0 amide bonds. The summed E-state index contributed by atoms with van der Waals surface area (Å²) >= 11 is 0. The van der Waals surface area contributed by atoms with Gasteiger partial charge in [-0.15, -0.1) is 0 Å². The van der Waals surface area contributed by atoms with Crippen molar-refractivity contribution in [3.8, 4) is 5.75 Å². The zero-order chi connectivity index (χ0) is 22.4. The number of benzene rings is 2. The lowest BCUT2D eigenvalue weighted by Gasteiger charge is -2.28. The lowest BCUT2D eigenvalue weighted by Crippen LogP contribution is -2.45. The molecule has 2 aromatic carbocycles. The van der Waals surface area contributed by atoms with Gasteiger partial charge in [-0.2, -0.15) is 0 Å². The molecule has 3 heteroatoms. The summed E-state index contributed by atoms with van der Waals surface area (Å²) in [6.45, 7) is 3.70. The summed E-state index contributed by atoms with van der Waals surface area (Å²) in [7, 11) is 4.25. The number of ether oxygens (including phenoxy) is 1. The predicted molar refractivity (Wildman–Crippen MR) is 133 cm³/mol. The maximum Gasteiger partial charge on any atom is 0.367 e. The molecule has 0 bridgehead atoms. The number of unbranched alkanes of at least 4 members (excludes halogenated alkanes) is 11. The second kappa shape index (κ2) is 14.2. The van der Waals surface area contributed by atoms with Gasteiger partial charge in [0.15, 0.2) is 6.54 Å². The molecule has 0 saturated carbocycles. The quantitative estimate of drug-likeness (QED) is 0.120. The van der Waals surface area contributed by atoms with Crippen LogP contribution in [0.25, 0.3) is 10.8 Å². The molecular formula is C28H44NO2+. The molecule has 0 atom stereocenters. The van der Waals surface area contributed by atoms with Crippen LogP contribution in [0, 0.1) is 0 Å². The van der Waals surface area contributed by atoms with Crippen LogP contribution in [0.3, 0.4) is 0 Å². The summed E-state index contributed by atoms with van der Waals surface area (Å²) < 4.78 is 6.30. The zero-order valence-electron chi connectivity index (χ0n) is 20.2. The fourth-order valence-corrected chi connectivity index (χ4v) is 4.20. The number of nitrogens with zero attached hydrogens (tertiary/aromatic N) is 1. The Bertz CT molecular complexity index is 768. The lowest BCUT2D eigenvalue weighted by atomic mass is 10.1. The molecule has 0 N–H and O–H groups in total. The number of carbonyl (C=O) groups excluding carboxylic acids is 1. The van der Waals surface area contributed by atoms with E-state index >= 15 is 0 Å². The summed E-state index contributed by atoms with van der Waals surface area (Å²) in [6, 6.07) is 14.0. The van der Waals surface area contributed by atoms with Crippen molar-refractivity contribution in [3.05, 3.63) is 42.5 Å². The first-order valence-corrected chi connectivity index (χ1v) is 12.5. The van der Waals surface area contributed by atoms with Gasteiger partial charge < -0.3 is 9.22 Å². The van der Waals surface area contributed by atoms with Gasteiger partial charge in [0, 0.05) is 0 Å². The fourth-order valence-electron chi connectivity index (χ4n) is 4.20. The standard InChI is InChI=1S/C28H44NO2/c1-4-5-6-7-8-9-10-11-12-13-14-17-22-29(2,3)24-28(30)31-27-21-20-25-18-15-16-19-26(25)23-27/h15-16,18-21,23H,4-14,17,22,24H2,1-3H3/q+1. The number of carbonyl (C=O) groups is 1. The minimum Gasteiger partial charge on any atom is -0.422 e. The van der Waals surface area contributed by atoms with E-state index in [9.17, 15) is 4.79 Å². The van der Waals surface area contributed by atoms with Crippen LogP contribution in [0.15, 0.2) is 42.5 Å². The van der Waals surface area contributed by atoms with E-state index in [0.717, 1.165) is 17.3 Å². The Morgan fingerprint density at radius 2 is 1.29 bits per heavy atom. The monoisotopic (exact) mass is 426 g/mol. The number of quaternary nitrogens is 1. The minimum atomic E-state index is -0.154. The Morgan fingerprint density at radius 1 is 0.742 bits per heavy atom. The number of hydrogen-bond donors (Lipinski definition) is 0. The molecule has 172 valence electrons. The van der Waals surface area contributed by atoms with Crippen LogP contribution in [0.5, 0.6) is 5.75 Å². The number of fused-ring (bicyclic) bond motifs is 1. The molecule has 0 aromatic heterocycles. The molecule has 0 heterocycles. The van der Waals surface area contributed by atoms with Gasteiger partial charge in [-0.05, 0) is 35.7 Å². The smallest absolute Gasteiger partial charge is 0.367 e. The molecule has 0 aliphatic carbocycles. The van der Waals surface area contributed by atoms with Crippen molar-refractivity contribution in [2.75, 3.05) is 27.2 Å². The lowest BCUT2D eigenvalue weighted by molar-refractivity contribution is -0.883. The van der Waals surface area contributed by atoms with Gasteiger partial charge in [-0.1, -0.05) is 101 Å². The molecule has 2 rings (SSSR count). The van der Waals surface area contributed by atoms with Crippen LogP contribution >= 0.6 is 0 Å². The first-order chi connectivity index (χ1) is 15.0. The van der Waals surface area contributed by atoms with Crippen LogP contribution in [0.2, 0.25) is 0 Å². The molecule has 0 aliphatic heterocycles. The Kier molecular flexibility index (Phi) is 11.7. The molecule has 0 spiro atoms. The number of rotatable bonds is 16. The minimum absolute atomic E-state index is 0.154. The van der Waals surface area contributed by atoms with Gasteiger partial charge in [0.25, 0.3) is 0 Å². The van der Waals surface area contributed by atoms with Gasteiger partial charge in [-0.3, -0.25) is 0 Å². The highest BCUT2D eigenvalue weighted by atomic mass is 16.5. The fraction of sp³-hybridized carbons (Fsp3) is 0.607. The van der Waals surface area contributed by atoms with Gasteiger partial charge in [-0.25, -0.2) is 4.79 Å². The third kappa shape index (κ3) is 10.8. The van der Waals surface area contributed by atoms with Crippen molar-refractivity contribution in [3.63, 3.8) is 0 Å². The molecule has 0 saturated heterocycles. The summed E-state index contributed by atoms with van der Waals surface area (Å²) in [5.74, 6) is 0.480. The maximum absolute atomic E-state index is 12.4. The van der Waals surface area contributed by atoms with Crippen LogP contribution < -0.4 is 4.74 Å². The molecule has 0 radical (unpaired) electrons. The summed E-state index contributed by atoms with van der Waals surface area (Å²) in [6.07, 6.45) is 16.3. The molecule has 31 heavy (non-hydrogen) atoms. The van der Waals surface area contributed by atoms with Crippen molar-refractivity contribution in [1.82, 2.24) is 0 Å². The normalized spacial score (nSPS) is 11.7. The van der Waals surface area contributed by atoms with Gasteiger partial charge in [0.2, 0.25) is 0 Å². The number of esters is 1. The highest BCUT2D eigenvalue weighted by Crippen LogP contribution is 2.21. The van der Waals surface area contributed by atoms with E-state index in [2.05, 4.69) is 27.1 Å². The second-order valence-corrected chi connectivity index (χ2v) is 9.69. The average molecular weight is 427 g/mol. The molecule has 0 unspecified atom stereocenters. The van der Waals surface area contributed by atoms with Crippen molar-refractivity contribution >= 4 is 16.7 Å². The largest absolute Gasteiger partial charge is 0.422 e. The second-order valence-electron chi connectivity index (χ2n) is 9.69. The average Bonchev–Trinajstić information content (AvgIpc) is 2.74. The van der Waals surface area contributed by atoms with Crippen molar-refractivity contribution in [2.45, 2.75) is 84.0 Å². The third-order valence-electron chi connectivity index (χ3n) is 6.13. The van der Waals surface area contributed by atoms with E-state index in [1.54, 1.807) is 0 Å². The van der Waals surface area contributed by atoms with Crippen molar-refractivity contribution < 1.29 is 14.0 Å². The molecular weight excluding hydrogens is 382 g/mol. The van der Waals surface area contributed by atoms with E-state index in [-0.39, 0.29) is 5.97 Å². The summed E-state index contributed by atoms with van der Waals surface area (Å²) in [5.41, 5.74) is 0. The topological polar surface area (TPSA) is 26.3 Å². The van der Waals surface area contributed by atoms with Gasteiger partial charge >= 0.3 is 5.97 Å². The van der Waals surface area contributed by atoms with Crippen molar-refractivity contribution in [1.29, 1.82) is 0 Å². The first kappa shape index (κ1) is 25.4. The van der Waals surface area contributed by atoms with Crippen LogP contribution in [-0.4, -0.2) is 37.6 Å². The zero-order valence-corrected chi connectivity index (χ0v) is 20.2. The maximum atomic E-state index is 12.4. The van der Waals surface area contributed by atoms with Gasteiger partial charge in [0.05, 0.1) is 20.6 Å².